The van der Waals surface area contributed by atoms with Gasteiger partial charge >= 0.3 is 0 Å². The molecule has 0 spiro atoms. The van der Waals surface area contributed by atoms with Crippen molar-refractivity contribution in [1.82, 2.24) is 0 Å². The number of rotatable bonds is 5. The van der Waals surface area contributed by atoms with Crippen LogP contribution < -0.4 is 14.4 Å². The molecule has 1 amide bonds. The summed E-state index contributed by atoms with van der Waals surface area (Å²) in [6, 6.07) is 4.58. The molecule has 0 radical (unpaired) electrons. The normalized spacial score (nSPS) is 19.7. The van der Waals surface area contributed by atoms with E-state index in [1.165, 1.54) is 19.1 Å². The number of sulfone groups is 1. The highest BCUT2D eigenvalue weighted by atomic mass is 35.5. The number of alkyl halides is 1. The Kier molecular flexibility index (Phi) is 5.18. The molecule has 22 heavy (non-hydrogen) atoms. The third-order valence-corrected chi connectivity index (χ3v) is 5.58. The van der Waals surface area contributed by atoms with Crippen molar-refractivity contribution < 1.29 is 22.7 Å². The van der Waals surface area contributed by atoms with Crippen LogP contribution in [0.3, 0.4) is 0 Å². The highest BCUT2D eigenvalue weighted by Crippen LogP contribution is 2.35. The Bertz CT molecular complexity index is 661. The molecule has 122 valence electrons. The van der Waals surface area contributed by atoms with Crippen LogP contribution in [0.1, 0.15) is 6.42 Å². The minimum Gasteiger partial charge on any atom is -0.497 e. The van der Waals surface area contributed by atoms with E-state index in [9.17, 15) is 13.2 Å². The molecular weight excluding hydrogens is 330 g/mol. The maximum atomic E-state index is 12.2. The predicted molar refractivity (Wildman–Crippen MR) is 84.8 cm³/mol. The van der Waals surface area contributed by atoms with Gasteiger partial charge in [0.05, 0.1) is 37.5 Å². The zero-order chi connectivity index (χ0) is 16.3. The molecule has 1 aliphatic rings. The summed E-state index contributed by atoms with van der Waals surface area (Å²) in [7, 11) is -0.118. The summed E-state index contributed by atoms with van der Waals surface area (Å²) in [5.74, 6) is 0.436. The quantitative estimate of drug-likeness (QED) is 0.754. The van der Waals surface area contributed by atoms with Crippen LogP contribution in [0.4, 0.5) is 5.69 Å². The van der Waals surface area contributed by atoms with Crippen LogP contribution in [0.15, 0.2) is 18.2 Å². The van der Waals surface area contributed by atoms with E-state index in [2.05, 4.69) is 0 Å². The molecule has 0 aliphatic carbocycles. The van der Waals surface area contributed by atoms with Crippen LogP contribution in [0.5, 0.6) is 11.5 Å². The van der Waals surface area contributed by atoms with Gasteiger partial charge in [0.1, 0.15) is 17.4 Å². The van der Waals surface area contributed by atoms with Crippen LogP contribution in [0.25, 0.3) is 0 Å². The van der Waals surface area contributed by atoms with E-state index in [4.69, 9.17) is 21.1 Å². The van der Waals surface area contributed by atoms with Crippen molar-refractivity contribution in [1.29, 1.82) is 0 Å². The van der Waals surface area contributed by atoms with E-state index in [1.54, 1.807) is 18.2 Å². The van der Waals surface area contributed by atoms with Gasteiger partial charge in [-0.2, -0.15) is 0 Å². The third kappa shape index (κ3) is 3.47. The van der Waals surface area contributed by atoms with Crippen molar-refractivity contribution in [3.63, 3.8) is 0 Å². The summed E-state index contributed by atoms with van der Waals surface area (Å²) in [6.45, 7) is 0. The second kappa shape index (κ2) is 6.75. The van der Waals surface area contributed by atoms with Gasteiger partial charge < -0.3 is 14.4 Å². The standard InChI is InChI=1S/C14H18ClNO5S/c1-20-11-3-4-12(13(7-11)21-2)16(14(17)8-15)10-5-6-22(18,19)9-10/h3-4,7,10H,5-6,8-9H2,1-2H3/t10-/m0/s1. The second-order valence-electron chi connectivity index (χ2n) is 4.99. The molecular formula is C14H18ClNO5S. The van der Waals surface area contributed by atoms with Gasteiger partial charge in [-0.1, -0.05) is 0 Å². The zero-order valence-electron chi connectivity index (χ0n) is 12.4. The van der Waals surface area contributed by atoms with Crippen molar-refractivity contribution in [2.24, 2.45) is 0 Å². The van der Waals surface area contributed by atoms with Crippen LogP contribution in [0.2, 0.25) is 0 Å². The Morgan fingerprint density at radius 2 is 2.09 bits per heavy atom. The lowest BCUT2D eigenvalue weighted by Gasteiger charge is -2.29. The number of halogens is 1. The first-order chi connectivity index (χ1) is 10.4. The Morgan fingerprint density at radius 3 is 2.59 bits per heavy atom. The average Bonchev–Trinajstić information content (AvgIpc) is 2.87. The van der Waals surface area contributed by atoms with E-state index in [1.807, 2.05) is 0 Å². The fraction of sp³-hybridized carbons (Fsp3) is 0.500. The molecule has 0 N–H and O–H groups in total. The van der Waals surface area contributed by atoms with Gasteiger partial charge in [-0.3, -0.25) is 4.79 Å². The molecule has 1 heterocycles. The van der Waals surface area contributed by atoms with Crippen molar-refractivity contribution in [3.8, 4) is 11.5 Å². The lowest BCUT2D eigenvalue weighted by molar-refractivity contribution is -0.116. The molecule has 1 saturated heterocycles. The molecule has 6 nitrogen and oxygen atoms in total. The van der Waals surface area contributed by atoms with Gasteiger partial charge in [-0.25, -0.2) is 8.42 Å². The molecule has 1 fully saturated rings. The van der Waals surface area contributed by atoms with Crippen LogP contribution in [-0.2, 0) is 14.6 Å². The number of benzene rings is 1. The number of amides is 1. The molecule has 0 aromatic heterocycles. The molecule has 1 aliphatic heterocycles. The van der Waals surface area contributed by atoms with Crippen LogP contribution in [0, 0.1) is 0 Å². The molecule has 0 saturated carbocycles. The Morgan fingerprint density at radius 1 is 1.36 bits per heavy atom. The summed E-state index contributed by atoms with van der Waals surface area (Å²) in [5, 5.41) is 0. The first-order valence-electron chi connectivity index (χ1n) is 6.72. The highest BCUT2D eigenvalue weighted by molar-refractivity contribution is 7.91. The molecule has 1 atom stereocenters. The van der Waals surface area contributed by atoms with Crippen LogP contribution in [-0.4, -0.2) is 52.0 Å². The summed E-state index contributed by atoms with van der Waals surface area (Å²) >= 11 is 5.69. The van der Waals surface area contributed by atoms with E-state index in [0.717, 1.165) is 0 Å². The maximum Gasteiger partial charge on any atom is 0.242 e. The lowest BCUT2D eigenvalue weighted by Crippen LogP contribution is -2.42. The monoisotopic (exact) mass is 347 g/mol. The molecule has 2 rings (SSSR count). The largest absolute Gasteiger partial charge is 0.497 e. The summed E-state index contributed by atoms with van der Waals surface area (Å²) in [6.07, 6.45) is 0.389. The fourth-order valence-corrected chi connectivity index (χ4v) is 4.39. The maximum absolute atomic E-state index is 12.2. The van der Waals surface area contributed by atoms with Gasteiger partial charge in [0.15, 0.2) is 9.84 Å². The van der Waals surface area contributed by atoms with Gasteiger partial charge in [0.2, 0.25) is 5.91 Å². The number of hydrogen-bond acceptors (Lipinski definition) is 5. The molecule has 0 bridgehead atoms. The van der Waals surface area contributed by atoms with Crippen molar-refractivity contribution >= 4 is 33.0 Å². The zero-order valence-corrected chi connectivity index (χ0v) is 14.0. The first-order valence-corrected chi connectivity index (χ1v) is 9.08. The Labute approximate surface area is 134 Å². The van der Waals surface area contributed by atoms with Crippen LogP contribution >= 0.6 is 11.6 Å². The molecule has 1 aromatic carbocycles. The summed E-state index contributed by atoms with van der Waals surface area (Å²) < 4.78 is 33.9. The Balaban J connectivity index is 2.44. The van der Waals surface area contributed by atoms with Crippen molar-refractivity contribution in [3.05, 3.63) is 18.2 Å². The van der Waals surface area contributed by atoms with E-state index in [-0.39, 0.29) is 23.3 Å². The fourth-order valence-electron chi connectivity index (χ4n) is 2.56. The van der Waals surface area contributed by atoms with E-state index >= 15 is 0 Å². The van der Waals surface area contributed by atoms with Gasteiger partial charge in [-0.05, 0) is 18.6 Å². The number of nitrogens with zero attached hydrogens (tertiary/aromatic N) is 1. The molecule has 1 aromatic rings. The summed E-state index contributed by atoms with van der Waals surface area (Å²) in [5.41, 5.74) is 0.496. The third-order valence-electron chi connectivity index (χ3n) is 3.60. The summed E-state index contributed by atoms with van der Waals surface area (Å²) in [4.78, 5) is 13.7. The smallest absolute Gasteiger partial charge is 0.242 e. The molecule has 8 heteroatoms. The number of carbonyl (C=O) groups excluding carboxylic acids is 1. The topological polar surface area (TPSA) is 72.9 Å². The predicted octanol–water partition coefficient (Wildman–Crippen LogP) is 1.46. The van der Waals surface area contributed by atoms with Gasteiger partial charge in [0.25, 0.3) is 0 Å². The minimum atomic E-state index is -3.13. The number of hydrogen-bond donors (Lipinski definition) is 0. The van der Waals surface area contributed by atoms with Crippen molar-refractivity contribution in [2.45, 2.75) is 12.5 Å². The average molecular weight is 348 g/mol. The van der Waals surface area contributed by atoms with E-state index < -0.39 is 15.9 Å². The number of ether oxygens (including phenoxy) is 2. The Hall–Kier alpha value is -1.47. The highest BCUT2D eigenvalue weighted by Gasteiger charge is 2.36. The first kappa shape index (κ1) is 16.9. The lowest BCUT2D eigenvalue weighted by atomic mass is 10.1. The molecule has 0 unspecified atom stereocenters. The SMILES string of the molecule is COc1ccc(N(C(=O)CCl)[C@H]2CCS(=O)(=O)C2)c(OC)c1. The van der Waals surface area contributed by atoms with Crippen molar-refractivity contribution in [2.75, 3.05) is 36.5 Å². The number of methoxy groups -OCH3 is 2. The number of anilines is 1. The minimum absolute atomic E-state index is 0.0647. The number of carbonyl (C=O) groups is 1. The van der Waals surface area contributed by atoms with Gasteiger partial charge in [0, 0.05) is 6.07 Å². The second-order valence-corrected chi connectivity index (χ2v) is 7.49. The van der Waals surface area contributed by atoms with E-state index in [0.29, 0.717) is 23.6 Å². The van der Waals surface area contributed by atoms with Gasteiger partial charge in [-0.15, -0.1) is 11.6 Å².